The minimum atomic E-state index is -0.204. The molecule has 2 rings (SSSR count). The van der Waals surface area contributed by atoms with Gasteiger partial charge >= 0.3 is 0 Å². The highest BCUT2D eigenvalue weighted by molar-refractivity contribution is 8.07. The Kier molecular flexibility index (Phi) is 7.10. The van der Waals surface area contributed by atoms with Crippen LogP contribution in [0.3, 0.4) is 0 Å². The Balaban J connectivity index is 1.57. The van der Waals surface area contributed by atoms with Crippen LogP contribution in [0.4, 0.5) is 4.39 Å². The van der Waals surface area contributed by atoms with Crippen LogP contribution in [0.15, 0.2) is 29.2 Å². The van der Waals surface area contributed by atoms with E-state index in [1.165, 1.54) is 12.1 Å². The van der Waals surface area contributed by atoms with E-state index in [1.807, 2.05) is 11.8 Å². The second-order valence-corrected chi connectivity index (χ2v) is 8.01. The lowest BCUT2D eigenvalue weighted by molar-refractivity contribution is -0.120. The van der Waals surface area contributed by atoms with Gasteiger partial charge < -0.3 is 5.32 Å². The van der Waals surface area contributed by atoms with Gasteiger partial charge in [-0.15, -0.1) is 23.5 Å². The van der Waals surface area contributed by atoms with E-state index >= 15 is 0 Å². The Bertz CT molecular complexity index is 421. The normalized spacial score (nSPS) is 18.8. The zero-order chi connectivity index (χ0) is 14.2. The molecule has 0 aromatic heterocycles. The predicted octanol–water partition coefficient (Wildman–Crippen LogP) is 3.27. The van der Waals surface area contributed by atoms with Crippen molar-refractivity contribution < 1.29 is 9.18 Å². The van der Waals surface area contributed by atoms with E-state index in [4.69, 9.17) is 0 Å². The van der Waals surface area contributed by atoms with Gasteiger partial charge in [0.1, 0.15) is 5.82 Å². The second-order valence-electron chi connectivity index (χ2n) is 4.38. The summed E-state index contributed by atoms with van der Waals surface area (Å²) < 4.78 is 12.7. The topological polar surface area (TPSA) is 29.1 Å². The van der Waals surface area contributed by atoms with Gasteiger partial charge in [0.2, 0.25) is 5.91 Å². The molecule has 0 aliphatic carbocycles. The van der Waals surface area contributed by atoms with Gasteiger partial charge in [0.05, 0.1) is 5.25 Å². The summed E-state index contributed by atoms with van der Waals surface area (Å²) in [5.74, 6) is 4.06. The molecule has 0 bridgehead atoms. The SMILES string of the molecule is O=C(NCCCSc1ccc(F)cc1)C1CSCCS1. The summed E-state index contributed by atoms with van der Waals surface area (Å²) in [7, 11) is 0. The lowest BCUT2D eigenvalue weighted by Gasteiger charge is -2.20. The van der Waals surface area contributed by atoms with Gasteiger partial charge in [-0.1, -0.05) is 0 Å². The first-order chi connectivity index (χ1) is 9.75. The standard InChI is InChI=1S/C14H18FNOS3/c15-11-2-4-12(5-3-11)19-7-1-6-16-14(17)13-10-18-8-9-20-13/h2-5,13H,1,6-10H2,(H,16,17). The van der Waals surface area contributed by atoms with Crippen molar-refractivity contribution >= 4 is 41.2 Å². The van der Waals surface area contributed by atoms with Crippen LogP contribution in [0.1, 0.15) is 6.42 Å². The first-order valence-electron chi connectivity index (χ1n) is 6.61. The van der Waals surface area contributed by atoms with Gasteiger partial charge in [0, 0.05) is 28.7 Å². The molecule has 1 heterocycles. The summed E-state index contributed by atoms with van der Waals surface area (Å²) in [4.78, 5) is 12.9. The minimum absolute atomic E-state index is 0.124. The molecule has 1 saturated heterocycles. The molecule has 1 aromatic rings. The second kappa shape index (κ2) is 8.85. The Morgan fingerprint density at radius 2 is 2.15 bits per heavy atom. The molecule has 1 aliphatic rings. The first kappa shape index (κ1) is 16.0. The van der Waals surface area contributed by atoms with E-state index in [2.05, 4.69) is 5.32 Å². The van der Waals surface area contributed by atoms with E-state index < -0.39 is 0 Å². The maximum atomic E-state index is 12.7. The van der Waals surface area contributed by atoms with Crippen molar-refractivity contribution in [1.29, 1.82) is 0 Å². The molecule has 1 unspecified atom stereocenters. The number of amides is 1. The van der Waals surface area contributed by atoms with Crippen LogP contribution in [-0.4, -0.2) is 40.7 Å². The van der Waals surface area contributed by atoms with E-state index in [0.717, 1.165) is 40.9 Å². The van der Waals surface area contributed by atoms with Crippen LogP contribution < -0.4 is 5.32 Å². The van der Waals surface area contributed by atoms with Gasteiger partial charge in [-0.05, 0) is 36.4 Å². The molecular formula is C14H18FNOS3. The Morgan fingerprint density at radius 3 is 2.85 bits per heavy atom. The summed E-state index contributed by atoms with van der Waals surface area (Å²) in [5.41, 5.74) is 0. The number of benzene rings is 1. The fourth-order valence-corrected chi connectivity index (χ4v) is 5.19. The van der Waals surface area contributed by atoms with E-state index in [-0.39, 0.29) is 17.0 Å². The van der Waals surface area contributed by atoms with E-state index in [1.54, 1.807) is 35.7 Å². The molecule has 0 spiro atoms. The lowest BCUT2D eigenvalue weighted by Crippen LogP contribution is -2.36. The number of hydrogen-bond acceptors (Lipinski definition) is 4. The fourth-order valence-electron chi connectivity index (χ4n) is 1.76. The van der Waals surface area contributed by atoms with Crippen molar-refractivity contribution in [1.82, 2.24) is 5.32 Å². The van der Waals surface area contributed by atoms with Gasteiger partial charge in [0.15, 0.2) is 0 Å². The Morgan fingerprint density at radius 1 is 1.35 bits per heavy atom. The number of rotatable bonds is 6. The number of thioether (sulfide) groups is 3. The van der Waals surface area contributed by atoms with Crippen LogP contribution in [-0.2, 0) is 4.79 Å². The van der Waals surface area contributed by atoms with Gasteiger partial charge in [-0.25, -0.2) is 4.39 Å². The molecule has 0 radical (unpaired) electrons. The monoisotopic (exact) mass is 331 g/mol. The molecule has 2 nitrogen and oxygen atoms in total. The number of halogens is 1. The van der Waals surface area contributed by atoms with Crippen molar-refractivity contribution in [3.05, 3.63) is 30.1 Å². The lowest BCUT2D eigenvalue weighted by atomic mass is 10.4. The molecule has 6 heteroatoms. The van der Waals surface area contributed by atoms with Crippen molar-refractivity contribution in [2.45, 2.75) is 16.6 Å². The number of nitrogens with one attached hydrogen (secondary N) is 1. The maximum absolute atomic E-state index is 12.7. The summed E-state index contributed by atoms with van der Waals surface area (Å²) in [5, 5.41) is 3.12. The van der Waals surface area contributed by atoms with Crippen molar-refractivity contribution in [3.8, 4) is 0 Å². The zero-order valence-electron chi connectivity index (χ0n) is 11.1. The van der Waals surface area contributed by atoms with Crippen molar-refractivity contribution in [3.63, 3.8) is 0 Å². The van der Waals surface area contributed by atoms with Crippen LogP contribution in [0.5, 0.6) is 0 Å². The largest absolute Gasteiger partial charge is 0.355 e. The maximum Gasteiger partial charge on any atom is 0.233 e. The minimum Gasteiger partial charge on any atom is -0.355 e. The highest BCUT2D eigenvalue weighted by Crippen LogP contribution is 2.24. The molecule has 20 heavy (non-hydrogen) atoms. The third kappa shape index (κ3) is 5.58. The smallest absolute Gasteiger partial charge is 0.233 e. The van der Waals surface area contributed by atoms with E-state index in [0.29, 0.717) is 0 Å². The summed E-state index contributed by atoms with van der Waals surface area (Å²) in [6.07, 6.45) is 0.929. The summed E-state index contributed by atoms with van der Waals surface area (Å²) in [6, 6.07) is 6.52. The molecule has 1 amide bonds. The molecule has 0 saturated carbocycles. The molecule has 110 valence electrons. The van der Waals surface area contributed by atoms with Crippen LogP contribution in [0.25, 0.3) is 0 Å². The summed E-state index contributed by atoms with van der Waals surface area (Å²) in [6.45, 7) is 0.717. The average molecular weight is 332 g/mol. The highest BCUT2D eigenvalue weighted by atomic mass is 32.2. The average Bonchev–Trinajstić information content (AvgIpc) is 2.49. The summed E-state index contributed by atoms with van der Waals surface area (Å²) >= 11 is 5.31. The third-order valence-corrected chi connectivity index (χ3v) is 6.66. The van der Waals surface area contributed by atoms with Crippen LogP contribution >= 0.6 is 35.3 Å². The van der Waals surface area contributed by atoms with Gasteiger partial charge in [0.25, 0.3) is 0 Å². The predicted molar refractivity (Wildman–Crippen MR) is 88.3 cm³/mol. The van der Waals surface area contributed by atoms with Gasteiger partial charge in [-0.3, -0.25) is 4.79 Å². The molecule has 1 aliphatic heterocycles. The number of hydrogen-bond donors (Lipinski definition) is 1. The number of carbonyl (C=O) groups excluding carboxylic acids is 1. The highest BCUT2D eigenvalue weighted by Gasteiger charge is 2.21. The molecular weight excluding hydrogens is 313 g/mol. The molecule has 1 fully saturated rings. The fraction of sp³-hybridized carbons (Fsp3) is 0.500. The first-order valence-corrected chi connectivity index (χ1v) is 9.80. The van der Waals surface area contributed by atoms with Crippen molar-refractivity contribution in [2.75, 3.05) is 29.6 Å². The Labute approximate surface area is 132 Å². The zero-order valence-corrected chi connectivity index (χ0v) is 13.6. The van der Waals surface area contributed by atoms with Crippen LogP contribution in [0, 0.1) is 5.82 Å². The molecule has 1 atom stereocenters. The van der Waals surface area contributed by atoms with Crippen LogP contribution in [0.2, 0.25) is 0 Å². The Hall–Kier alpha value is -0.330. The molecule has 1 N–H and O–H groups in total. The van der Waals surface area contributed by atoms with E-state index in [9.17, 15) is 9.18 Å². The van der Waals surface area contributed by atoms with Gasteiger partial charge in [-0.2, -0.15) is 11.8 Å². The molecule has 1 aromatic carbocycles. The van der Waals surface area contributed by atoms with Crippen molar-refractivity contribution in [2.24, 2.45) is 0 Å². The number of carbonyl (C=O) groups is 1. The quantitative estimate of drug-likeness (QED) is 0.640. The third-order valence-electron chi connectivity index (χ3n) is 2.81.